The first kappa shape index (κ1) is 14.6. The number of halogens is 1. The Hall–Kier alpha value is -2.36. The molecule has 1 N–H and O–H groups in total. The molecule has 0 aromatic heterocycles. The Kier molecular flexibility index (Phi) is 4.09. The number of hydrogen-bond acceptors (Lipinski definition) is 1. The maximum atomic E-state index is 13.1. The summed E-state index contributed by atoms with van der Waals surface area (Å²) in [5, 5.41) is 2.93. The third-order valence-corrected chi connectivity index (χ3v) is 4.00. The lowest BCUT2D eigenvalue weighted by atomic mass is 10.1. The second-order valence-electron chi connectivity index (χ2n) is 5.66. The second kappa shape index (κ2) is 6.18. The highest BCUT2D eigenvalue weighted by atomic mass is 19.1. The monoisotopic (exact) mass is 298 g/mol. The lowest BCUT2D eigenvalue weighted by Crippen LogP contribution is -2.43. The van der Waals surface area contributed by atoms with Crippen LogP contribution in [0.1, 0.15) is 18.1 Å². The van der Waals surface area contributed by atoms with Crippen LogP contribution in [0.2, 0.25) is 0 Å². The van der Waals surface area contributed by atoms with Crippen LogP contribution >= 0.6 is 0 Å². The Bertz CT molecular complexity index is 686. The summed E-state index contributed by atoms with van der Waals surface area (Å²) in [6, 6.07) is 14.5. The van der Waals surface area contributed by atoms with Gasteiger partial charge in [0.25, 0.3) is 0 Å². The van der Waals surface area contributed by atoms with Crippen molar-refractivity contribution in [1.29, 1.82) is 0 Å². The Morgan fingerprint density at radius 1 is 1.27 bits per heavy atom. The zero-order chi connectivity index (χ0) is 15.5. The van der Waals surface area contributed by atoms with Crippen molar-refractivity contribution in [2.24, 2.45) is 0 Å². The summed E-state index contributed by atoms with van der Waals surface area (Å²) in [6.07, 6.45) is 1.50. The number of benzene rings is 2. The van der Waals surface area contributed by atoms with E-state index in [2.05, 4.69) is 11.4 Å². The first-order chi connectivity index (χ1) is 10.6. The molecule has 0 spiro atoms. The number of fused-ring (bicyclic) bond motifs is 1. The van der Waals surface area contributed by atoms with Gasteiger partial charge >= 0.3 is 6.03 Å². The predicted molar refractivity (Wildman–Crippen MR) is 85.6 cm³/mol. The highest BCUT2D eigenvalue weighted by Gasteiger charge is 2.30. The molecule has 1 heterocycles. The Morgan fingerprint density at radius 3 is 2.91 bits per heavy atom. The van der Waals surface area contributed by atoms with Gasteiger partial charge in [-0.05, 0) is 49.1 Å². The number of nitrogens with zero attached hydrogens (tertiary/aromatic N) is 1. The number of para-hydroxylation sites is 1. The molecule has 0 fully saturated rings. The summed E-state index contributed by atoms with van der Waals surface area (Å²) in [4.78, 5) is 14.2. The molecule has 3 rings (SSSR count). The minimum absolute atomic E-state index is 0.0890. The fourth-order valence-electron chi connectivity index (χ4n) is 2.97. The average Bonchev–Trinajstić information content (AvgIpc) is 2.83. The molecule has 2 aromatic carbocycles. The Balaban J connectivity index is 1.61. The van der Waals surface area contributed by atoms with Gasteiger partial charge in [-0.15, -0.1) is 0 Å². The molecule has 0 saturated carbocycles. The number of rotatable bonds is 3. The third-order valence-electron chi connectivity index (χ3n) is 4.00. The molecule has 0 radical (unpaired) electrons. The van der Waals surface area contributed by atoms with Gasteiger partial charge in [-0.2, -0.15) is 0 Å². The quantitative estimate of drug-likeness (QED) is 0.923. The Morgan fingerprint density at radius 2 is 2.09 bits per heavy atom. The minimum atomic E-state index is -0.245. The van der Waals surface area contributed by atoms with E-state index in [0.29, 0.717) is 13.0 Å². The summed E-state index contributed by atoms with van der Waals surface area (Å²) in [6.45, 7) is 2.54. The van der Waals surface area contributed by atoms with E-state index in [-0.39, 0.29) is 17.9 Å². The van der Waals surface area contributed by atoms with Crippen LogP contribution in [-0.4, -0.2) is 18.6 Å². The van der Waals surface area contributed by atoms with Crippen molar-refractivity contribution in [3.63, 3.8) is 0 Å². The van der Waals surface area contributed by atoms with Crippen LogP contribution in [0.15, 0.2) is 48.5 Å². The van der Waals surface area contributed by atoms with E-state index in [1.807, 2.05) is 31.2 Å². The van der Waals surface area contributed by atoms with E-state index in [4.69, 9.17) is 0 Å². The number of hydrogen-bond donors (Lipinski definition) is 1. The topological polar surface area (TPSA) is 32.3 Å². The van der Waals surface area contributed by atoms with Gasteiger partial charge in [-0.1, -0.05) is 30.3 Å². The van der Waals surface area contributed by atoms with Gasteiger partial charge in [-0.3, -0.25) is 4.90 Å². The summed E-state index contributed by atoms with van der Waals surface area (Å²) < 4.78 is 13.1. The molecule has 0 aliphatic carbocycles. The molecule has 1 aliphatic rings. The minimum Gasteiger partial charge on any atom is -0.337 e. The van der Waals surface area contributed by atoms with Crippen LogP contribution in [-0.2, 0) is 12.8 Å². The molecule has 0 saturated heterocycles. The number of nitrogens with one attached hydrogen (secondary N) is 1. The lowest BCUT2D eigenvalue weighted by Gasteiger charge is -2.23. The first-order valence-corrected chi connectivity index (χ1v) is 7.54. The maximum Gasteiger partial charge on any atom is 0.322 e. The van der Waals surface area contributed by atoms with E-state index >= 15 is 0 Å². The fourth-order valence-corrected chi connectivity index (χ4v) is 2.97. The van der Waals surface area contributed by atoms with Gasteiger partial charge < -0.3 is 5.32 Å². The zero-order valence-corrected chi connectivity index (χ0v) is 12.6. The fraction of sp³-hybridized carbons (Fsp3) is 0.278. The molecule has 4 heteroatoms. The largest absolute Gasteiger partial charge is 0.337 e. The molecule has 2 aromatic rings. The zero-order valence-electron chi connectivity index (χ0n) is 12.6. The molecular weight excluding hydrogens is 279 g/mol. The van der Waals surface area contributed by atoms with E-state index in [9.17, 15) is 9.18 Å². The van der Waals surface area contributed by atoms with Gasteiger partial charge in [0, 0.05) is 18.3 Å². The van der Waals surface area contributed by atoms with Crippen LogP contribution in [0.25, 0.3) is 0 Å². The second-order valence-corrected chi connectivity index (χ2v) is 5.66. The van der Waals surface area contributed by atoms with Crippen LogP contribution in [0.5, 0.6) is 0 Å². The molecule has 1 atom stereocenters. The van der Waals surface area contributed by atoms with Crippen LogP contribution in [0, 0.1) is 5.82 Å². The summed E-state index contributed by atoms with van der Waals surface area (Å²) in [7, 11) is 0. The van der Waals surface area contributed by atoms with Crippen LogP contribution < -0.4 is 10.2 Å². The van der Waals surface area contributed by atoms with Crippen molar-refractivity contribution in [1.82, 2.24) is 5.32 Å². The highest BCUT2D eigenvalue weighted by molar-refractivity contribution is 5.94. The summed E-state index contributed by atoms with van der Waals surface area (Å²) in [5.74, 6) is -0.245. The highest BCUT2D eigenvalue weighted by Crippen LogP contribution is 2.31. The van der Waals surface area contributed by atoms with Crippen molar-refractivity contribution < 1.29 is 9.18 Å². The van der Waals surface area contributed by atoms with Crippen molar-refractivity contribution in [3.8, 4) is 0 Å². The predicted octanol–water partition coefficient (Wildman–Crippen LogP) is 3.53. The smallest absolute Gasteiger partial charge is 0.322 e. The van der Waals surface area contributed by atoms with Gasteiger partial charge in [0.15, 0.2) is 0 Å². The van der Waals surface area contributed by atoms with E-state index < -0.39 is 0 Å². The summed E-state index contributed by atoms with van der Waals surface area (Å²) in [5.41, 5.74) is 3.07. The average molecular weight is 298 g/mol. The molecule has 22 heavy (non-hydrogen) atoms. The normalized spacial score (nSPS) is 16.5. The van der Waals surface area contributed by atoms with Crippen molar-refractivity contribution in [2.75, 3.05) is 11.4 Å². The number of anilines is 1. The lowest BCUT2D eigenvalue weighted by molar-refractivity contribution is 0.245. The van der Waals surface area contributed by atoms with Gasteiger partial charge in [-0.25, -0.2) is 9.18 Å². The van der Waals surface area contributed by atoms with Crippen molar-refractivity contribution in [3.05, 3.63) is 65.5 Å². The molecule has 1 aliphatic heterocycles. The molecule has 3 nitrogen and oxygen atoms in total. The first-order valence-electron chi connectivity index (χ1n) is 7.54. The number of carbonyl (C=O) groups excluding carboxylic acids is 1. The standard InChI is InChI=1S/C18H19FN2O/c1-13-11-15-6-2-3-8-17(15)21(13)18(22)20-10-9-14-5-4-7-16(19)12-14/h2-8,12-13H,9-11H2,1H3,(H,20,22). The number of amides is 2. The van der Waals surface area contributed by atoms with Gasteiger partial charge in [0.1, 0.15) is 5.82 Å². The molecule has 0 bridgehead atoms. The van der Waals surface area contributed by atoms with E-state index in [1.165, 1.54) is 17.7 Å². The van der Waals surface area contributed by atoms with Crippen molar-refractivity contribution >= 4 is 11.7 Å². The summed E-state index contributed by atoms with van der Waals surface area (Å²) >= 11 is 0. The van der Waals surface area contributed by atoms with E-state index in [0.717, 1.165) is 17.7 Å². The SMILES string of the molecule is CC1Cc2ccccc2N1C(=O)NCCc1cccc(F)c1. The number of urea groups is 1. The third kappa shape index (κ3) is 2.96. The van der Waals surface area contributed by atoms with E-state index in [1.54, 1.807) is 11.0 Å². The van der Waals surface area contributed by atoms with Gasteiger partial charge in [0.05, 0.1) is 0 Å². The van der Waals surface area contributed by atoms with Crippen molar-refractivity contribution in [2.45, 2.75) is 25.8 Å². The van der Waals surface area contributed by atoms with Crippen LogP contribution in [0.4, 0.5) is 14.9 Å². The molecule has 114 valence electrons. The number of carbonyl (C=O) groups is 1. The molecule has 2 amide bonds. The molecular formula is C18H19FN2O. The maximum absolute atomic E-state index is 13.1. The Labute approximate surface area is 129 Å². The molecule has 1 unspecified atom stereocenters. The van der Waals surface area contributed by atoms with Crippen LogP contribution in [0.3, 0.4) is 0 Å². The van der Waals surface area contributed by atoms with Gasteiger partial charge in [0.2, 0.25) is 0 Å².